The Bertz CT molecular complexity index is 674. The SMILES string of the molecule is c1cncc([C@H](NC[C@@H]2COc3ccccc3O2)C2CCOCC2)c1. The fourth-order valence-electron chi connectivity index (χ4n) is 3.59. The molecule has 0 bridgehead atoms. The second kappa shape index (κ2) is 7.85. The maximum Gasteiger partial charge on any atom is 0.161 e. The first-order chi connectivity index (χ1) is 12.4. The van der Waals surface area contributed by atoms with Gasteiger partial charge < -0.3 is 19.5 Å². The highest BCUT2D eigenvalue weighted by molar-refractivity contribution is 5.40. The monoisotopic (exact) mass is 340 g/mol. The predicted octanol–water partition coefficient (Wildman–Crippen LogP) is 2.98. The number of pyridine rings is 1. The van der Waals surface area contributed by atoms with Crippen LogP contribution in [0.25, 0.3) is 0 Å². The van der Waals surface area contributed by atoms with Crippen molar-refractivity contribution in [1.29, 1.82) is 0 Å². The van der Waals surface area contributed by atoms with E-state index in [1.54, 1.807) is 0 Å². The zero-order valence-corrected chi connectivity index (χ0v) is 14.3. The third kappa shape index (κ3) is 3.94. The minimum atomic E-state index is 0.00825. The Morgan fingerprint density at radius 2 is 1.92 bits per heavy atom. The molecule has 0 unspecified atom stereocenters. The molecule has 2 atom stereocenters. The van der Waals surface area contributed by atoms with Gasteiger partial charge in [0.25, 0.3) is 0 Å². The first-order valence-corrected chi connectivity index (χ1v) is 8.99. The van der Waals surface area contributed by atoms with Crippen LogP contribution in [-0.2, 0) is 4.74 Å². The van der Waals surface area contributed by atoms with Gasteiger partial charge in [0.1, 0.15) is 12.7 Å². The van der Waals surface area contributed by atoms with E-state index in [9.17, 15) is 0 Å². The van der Waals surface area contributed by atoms with Gasteiger partial charge in [-0.05, 0) is 42.5 Å². The third-order valence-corrected chi connectivity index (χ3v) is 4.91. The molecule has 0 spiro atoms. The van der Waals surface area contributed by atoms with Crippen LogP contribution >= 0.6 is 0 Å². The third-order valence-electron chi connectivity index (χ3n) is 4.91. The van der Waals surface area contributed by atoms with Crippen molar-refractivity contribution in [3.63, 3.8) is 0 Å². The van der Waals surface area contributed by atoms with Crippen LogP contribution < -0.4 is 14.8 Å². The number of ether oxygens (including phenoxy) is 3. The summed E-state index contributed by atoms with van der Waals surface area (Å²) in [7, 11) is 0. The summed E-state index contributed by atoms with van der Waals surface area (Å²) in [6.45, 7) is 2.97. The molecule has 4 rings (SSSR count). The Labute approximate surface area is 148 Å². The summed E-state index contributed by atoms with van der Waals surface area (Å²) in [5, 5.41) is 3.71. The van der Waals surface area contributed by atoms with E-state index >= 15 is 0 Å². The molecule has 2 aliphatic heterocycles. The molecule has 0 saturated carbocycles. The number of hydrogen-bond acceptors (Lipinski definition) is 5. The van der Waals surface area contributed by atoms with Crippen LogP contribution in [0.1, 0.15) is 24.4 Å². The normalized spacial score (nSPS) is 21.7. The van der Waals surface area contributed by atoms with Crippen LogP contribution in [0, 0.1) is 5.92 Å². The van der Waals surface area contributed by atoms with Gasteiger partial charge in [-0.3, -0.25) is 4.98 Å². The molecule has 0 radical (unpaired) electrons. The van der Waals surface area contributed by atoms with Gasteiger partial charge in [-0.1, -0.05) is 18.2 Å². The summed E-state index contributed by atoms with van der Waals surface area (Å²) in [6, 6.07) is 12.2. The van der Waals surface area contributed by atoms with Gasteiger partial charge in [0.15, 0.2) is 11.5 Å². The Morgan fingerprint density at radius 3 is 2.72 bits per heavy atom. The van der Waals surface area contributed by atoms with Crippen LogP contribution in [0.2, 0.25) is 0 Å². The quantitative estimate of drug-likeness (QED) is 0.907. The van der Waals surface area contributed by atoms with Crippen molar-refractivity contribution in [3.05, 3.63) is 54.4 Å². The molecule has 1 saturated heterocycles. The molecule has 25 heavy (non-hydrogen) atoms. The molecule has 2 aromatic rings. The zero-order chi connectivity index (χ0) is 16.9. The predicted molar refractivity (Wildman–Crippen MR) is 94.9 cm³/mol. The van der Waals surface area contributed by atoms with Gasteiger partial charge in [0.2, 0.25) is 0 Å². The summed E-state index contributed by atoms with van der Waals surface area (Å²) >= 11 is 0. The molecule has 1 N–H and O–H groups in total. The van der Waals surface area contributed by atoms with Gasteiger partial charge >= 0.3 is 0 Å². The van der Waals surface area contributed by atoms with Crippen molar-refractivity contribution in [2.45, 2.75) is 25.0 Å². The molecule has 0 aliphatic carbocycles. The summed E-state index contributed by atoms with van der Waals surface area (Å²) in [5.74, 6) is 2.20. The van der Waals surface area contributed by atoms with E-state index in [4.69, 9.17) is 14.2 Å². The first kappa shape index (κ1) is 16.4. The molecule has 5 heteroatoms. The highest BCUT2D eigenvalue weighted by Gasteiger charge is 2.28. The molecular formula is C20H24N2O3. The van der Waals surface area contributed by atoms with E-state index in [0.29, 0.717) is 12.5 Å². The number of hydrogen-bond donors (Lipinski definition) is 1. The Balaban J connectivity index is 1.42. The lowest BCUT2D eigenvalue weighted by atomic mass is 9.87. The Hall–Kier alpha value is -2.11. The average molecular weight is 340 g/mol. The lowest BCUT2D eigenvalue weighted by Crippen LogP contribution is -2.42. The van der Waals surface area contributed by atoms with E-state index in [0.717, 1.165) is 44.1 Å². The van der Waals surface area contributed by atoms with Crippen molar-refractivity contribution in [3.8, 4) is 11.5 Å². The molecule has 1 aromatic heterocycles. The number of rotatable bonds is 5. The van der Waals surface area contributed by atoms with E-state index < -0.39 is 0 Å². The summed E-state index contributed by atoms with van der Waals surface area (Å²) in [4.78, 5) is 4.30. The Morgan fingerprint density at radius 1 is 1.08 bits per heavy atom. The van der Waals surface area contributed by atoms with E-state index in [1.807, 2.05) is 42.7 Å². The van der Waals surface area contributed by atoms with E-state index in [1.165, 1.54) is 5.56 Å². The molecule has 1 aromatic carbocycles. The van der Waals surface area contributed by atoms with Crippen LogP contribution in [-0.4, -0.2) is 37.5 Å². The molecule has 5 nitrogen and oxygen atoms in total. The van der Waals surface area contributed by atoms with Crippen LogP contribution in [0.5, 0.6) is 11.5 Å². The number of nitrogens with one attached hydrogen (secondary N) is 1. The number of aromatic nitrogens is 1. The number of fused-ring (bicyclic) bond motifs is 1. The highest BCUT2D eigenvalue weighted by atomic mass is 16.6. The van der Waals surface area contributed by atoms with Crippen LogP contribution in [0.3, 0.4) is 0 Å². The smallest absolute Gasteiger partial charge is 0.161 e. The van der Waals surface area contributed by atoms with Crippen LogP contribution in [0.4, 0.5) is 0 Å². The van der Waals surface area contributed by atoms with Crippen molar-refractivity contribution in [2.75, 3.05) is 26.4 Å². The fourth-order valence-corrected chi connectivity index (χ4v) is 3.59. The summed E-state index contributed by atoms with van der Waals surface area (Å²) < 4.78 is 17.4. The van der Waals surface area contributed by atoms with Crippen molar-refractivity contribution in [1.82, 2.24) is 10.3 Å². The van der Waals surface area contributed by atoms with Gasteiger partial charge in [0.05, 0.1) is 0 Å². The van der Waals surface area contributed by atoms with Gasteiger partial charge in [-0.15, -0.1) is 0 Å². The average Bonchev–Trinajstić information content (AvgIpc) is 2.70. The standard InChI is InChI=1S/C20H24N2O3/c1-2-6-19-18(5-1)24-14-17(25-19)13-22-20(15-7-10-23-11-8-15)16-4-3-9-21-12-16/h1-6,9,12,15,17,20,22H,7-8,10-11,13-14H2/t17-,20-/m1/s1. The summed E-state index contributed by atoms with van der Waals surface area (Å²) in [6.07, 6.45) is 5.92. The molecule has 0 amide bonds. The second-order valence-electron chi connectivity index (χ2n) is 6.62. The maximum absolute atomic E-state index is 6.08. The van der Waals surface area contributed by atoms with Crippen molar-refractivity contribution >= 4 is 0 Å². The van der Waals surface area contributed by atoms with Crippen LogP contribution in [0.15, 0.2) is 48.8 Å². The van der Waals surface area contributed by atoms with Crippen molar-refractivity contribution < 1.29 is 14.2 Å². The maximum atomic E-state index is 6.08. The molecule has 2 aliphatic rings. The Kier molecular flexibility index (Phi) is 5.14. The van der Waals surface area contributed by atoms with Gasteiger partial charge in [-0.25, -0.2) is 0 Å². The minimum Gasteiger partial charge on any atom is -0.486 e. The summed E-state index contributed by atoms with van der Waals surface area (Å²) in [5.41, 5.74) is 1.23. The molecular weight excluding hydrogens is 316 g/mol. The van der Waals surface area contributed by atoms with E-state index in [-0.39, 0.29) is 12.1 Å². The molecule has 3 heterocycles. The minimum absolute atomic E-state index is 0.00825. The van der Waals surface area contributed by atoms with Gasteiger partial charge in [-0.2, -0.15) is 0 Å². The highest BCUT2D eigenvalue weighted by Crippen LogP contribution is 2.32. The topological polar surface area (TPSA) is 52.6 Å². The van der Waals surface area contributed by atoms with E-state index in [2.05, 4.69) is 16.4 Å². The fraction of sp³-hybridized carbons (Fsp3) is 0.450. The lowest BCUT2D eigenvalue weighted by Gasteiger charge is -2.33. The number of nitrogens with zero attached hydrogens (tertiary/aromatic N) is 1. The zero-order valence-electron chi connectivity index (χ0n) is 14.3. The number of para-hydroxylation sites is 2. The molecule has 1 fully saturated rings. The van der Waals surface area contributed by atoms with Gasteiger partial charge in [0, 0.05) is 38.2 Å². The largest absolute Gasteiger partial charge is 0.486 e. The number of benzene rings is 1. The second-order valence-corrected chi connectivity index (χ2v) is 6.62. The lowest BCUT2D eigenvalue weighted by molar-refractivity contribution is 0.0474. The van der Waals surface area contributed by atoms with Crippen molar-refractivity contribution in [2.24, 2.45) is 5.92 Å². The first-order valence-electron chi connectivity index (χ1n) is 8.99. The molecule has 132 valence electrons.